The quantitative estimate of drug-likeness (QED) is 0.164. The molecule has 44 heavy (non-hydrogen) atoms. The fourth-order valence-electron chi connectivity index (χ4n) is 3.73. The second-order valence-corrected chi connectivity index (χ2v) is 11.2. The highest BCUT2D eigenvalue weighted by molar-refractivity contribution is 9.10. The number of pyridine rings is 2. The Bertz CT molecular complexity index is 1810. The first-order chi connectivity index (χ1) is 20.9. The van der Waals surface area contributed by atoms with Crippen molar-refractivity contribution < 1.29 is 18.9 Å². The maximum absolute atomic E-state index is 9.04. The van der Waals surface area contributed by atoms with Crippen molar-refractivity contribution in [3.8, 4) is 46.9 Å². The van der Waals surface area contributed by atoms with E-state index in [-0.39, 0.29) is 21.8 Å². The standard InChI is InChI=1S/C17H14Cl2N2O2.C14H9BrCl2N2O2/c1-4-5-14-10(2)21-17(22-3)15(19)16(14)23-13-7-11(9-20)6-12(18)8-13;1-7-11(15)13(12(17)14(19-7)20-2)21-10-4-8(6-18)3-9(16)5-10/h4,6-8H,1,5H2,2-3H3;3-5H,1-2H3. The van der Waals surface area contributed by atoms with Gasteiger partial charge in [-0.2, -0.15) is 10.5 Å². The lowest BCUT2D eigenvalue weighted by atomic mass is 10.1. The summed E-state index contributed by atoms with van der Waals surface area (Å²) in [5, 5.41) is 19.3. The maximum atomic E-state index is 9.04. The molecule has 0 aliphatic rings. The van der Waals surface area contributed by atoms with Crippen LogP contribution in [0.2, 0.25) is 20.1 Å². The number of allylic oxidation sites excluding steroid dienone is 1. The molecule has 0 bridgehead atoms. The summed E-state index contributed by atoms with van der Waals surface area (Å²) >= 11 is 27.9. The molecule has 226 valence electrons. The van der Waals surface area contributed by atoms with Crippen molar-refractivity contribution in [2.75, 3.05) is 14.2 Å². The number of nitrogens with zero attached hydrogens (tertiary/aromatic N) is 4. The van der Waals surface area contributed by atoms with Crippen LogP contribution < -0.4 is 18.9 Å². The van der Waals surface area contributed by atoms with Gasteiger partial charge < -0.3 is 18.9 Å². The van der Waals surface area contributed by atoms with E-state index < -0.39 is 0 Å². The van der Waals surface area contributed by atoms with Gasteiger partial charge in [0, 0.05) is 21.3 Å². The summed E-state index contributed by atoms with van der Waals surface area (Å²) in [6.45, 7) is 7.36. The molecule has 0 unspecified atom stereocenters. The number of hydrogen-bond acceptors (Lipinski definition) is 8. The van der Waals surface area contributed by atoms with E-state index in [0.29, 0.717) is 60.8 Å². The highest BCUT2D eigenvalue weighted by Gasteiger charge is 2.20. The number of ether oxygens (including phenoxy) is 4. The molecule has 0 spiro atoms. The number of aryl methyl sites for hydroxylation is 2. The molecule has 0 aliphatic carbocycles. The van der Waals surface area contributed by atoms with E-state index in [9.17, 15) is 0 Å². The minimum atomic E-state index is 0.230. The summed E-state index contributed by atoms with van der Waals surface area (Å²) in [4.78, 5) is 8.49. The fraction of sp³-hybridized carbons (Fsp3) is 0.161. The average Bonchev–Trinajstić information content (AvgIpc) is 3.00. The largest absolute Gasteiger partial charge is 0.480 e. The fourth-order valence-corrected chi connectivity index (χ4v) is 5.19. The number of methoxy groups -OCH3 is 2. The minimum absolute atomic E-state index is 0.230. The number of hydrogen-bond donors (Lipinski definition) is 0. The first kappa shape index (κ1) is 34.8. The van der Waals surface area contributed by atoms with Crippen molar-refractivity contribution in [1.82, 2.24) is 9.97 Å². The van der Waals surface area contributed by atoms with Crippen molar-refractivity contribution in [3.05, 3.63) is 102 Å². The number of benzene rings is 2. The molecule has 2 aromatic carbocycles. The Kier molecular flexibility index (Phi) is 12.5. The zero-order valence-corrected chi connectivity index (χ0v) is 28.4. The topological polar surface area (TPSA) is 110 Å². The van der Waals surface area contributed by atoms with Gasteiger partial charge in [-0.1, -0.05) is 52.5 Å². The molecule has 0 atom stereocenters. The molecule has 13 heteroatoms. The first-order valence-electron chi connectivity index (χ1n) is 12.5. The van der Waals surface area contributed by atoms with Crippen LogP contribution in [0.15, 0.2) is 53.5 Å². The summed E-state index contributed by atoms with van der Waals surface area (Å²) in [6.07, 6.45) is 2.27. The Hall–Kier alpha value is -3.70. The summed E-state index contributed by atoms with van der Waals surface area (Å²) < 4.78 is 22.5. The zero-order chi connectivity index (χ0) is 32.6. The average molecular weight is 737 g/mol. The maximum Gasteiger partial charge on any atom is 0.236 e. The van der Waals surface area contributed by atoms with E-state index in [1.807, 2.05) is 19.1 Å². The van der Waals surface area contributed by atoms with Gasteiger partial charge in [0.15, 0.2) is 11.5 Å². The van der Waals surface area contributed by atoms with Gasteiger partial charge >= 0.3 is 0 Å². The first-order valence-corrected chi connectivity index (χ1v) is 14.8. The lowest BCUT2D eigenvalue weighted by Gasteiger charge is -2.16. The second-order valence-electron chi connectivity index (χ2n) is 8.76. The number of halogens is 5. The third kappa shape index (κ3) is 8.47. The molecular weight excluding hydrogens is 714 g/mol. The molecule has 4 aromatic rings. The van der Waals surface area contributed by atoms with Crippen LogP contribution in [0, 0.1) is 36.5 Å². The van der Waals surface area contributed by atoms with Crippen LogP contribution >= 0.6 is 62.3 Å². The molecule has 0 saturated heterocycles. The van der Waals surface area contributed by atoms with E-state index in [1.54, 1.807) is 49.4 Å². The SMILES string of the molecule is C=CCc1c(C)nc(OC)c(Cl)c1Oc1cc(Cl)cc(C#N)c1.COc1nc(C)c(Br)c(Oc2cc(Cl)cc(C#N)c2)c1Cl. The van der Waals surface area contributed by atoms with E-state index >= 15 is 0 Å². The monoisotopic (exact) mass is 734 g/mol. The normalized spacial score (nSPS) is 10.1. The summed E-state index contributed by atoms with van der Waals surface area (Å²) in [7, 11) is 2.95. The summed E-state index contributed by atoms with van der Waals surface area (Å²) in [5.41, 5.74) is 2.97. The Balaban J connectivity index is 0.000000241. The second kappa shape index (κ2) is 15.9. The molecule has 0 aliphatic heterocycles. The van der Waals surface area contributed by atoms with Gasteiger partial charge in [-0.25, -0.2) is 9.97 Å². The van der Waals surface area contributed by atoms with Gasteiger partial charge in [0.2, 0.25) is 11.8 Å². The Labute approximate surface area is 283 Å². The third-order valence-corrected chi connectivity index (χ3v) is 7.75. The predicted octanol–water partition coefficient (Wildman–Crippen LogP) is 10.2. The highest BCUT2D eigenvalue weighted by Crippen LogP contribution is 2.43. The molecule has 0 saturated carbocycles. The van der Waals surface area contributed by atoms with Crippen molar-refractivity contribution in [3.63, 3.8) is 0 Å². The van der Waals surface area contributed by atoms with Crippen LogP contribution in [0.25, 0.3) is 0 Å². The molecular formula is C31H23BrCl4N4O4. The number of nitriles is 2. The van der Waals surface area contributed by atoms with Crippen LogP contribution in [-0.4, -0.2) is 24.2 Å². The Morgan fingerprint density at radius 2 is 1.23 bits per heavy atom. The molecule has 0 N–H and O–H groups in total. The van der Waals surface area contributed by atoms with Gasteiger partial charge in [-0.05, 0) is 72.6 Å². The molecule has 2 aromatic heterocycles. The Morgan fingerprint density at radius 1 is 0.773 bits per heavy atom. The van der Waals surface area contributed by atoms with Gasteiger partial charge in [0.25, 0.3) is 0 Å². The van der Waals surface area contributed by atoms with Crippen LogP contribution in [0.3, 0.4) is 0 Å². The molecule has 0 fully saturated rings. The molecule has 4 rings (SSSR count). The van der Waals surface area contributed by atoms with E-state index in [2.05, 4.69) is 32.5 Å². The van der Waals surface area contributed by atoms with E-state index in [1.165, 1.54) is 14.2 Å². The smallest absolute Gasteiger partial charge is 0.236 e. The van der Waals surface area contributed by atoms with Gasteiger partial charge in [-0.15, -0.1) is 6.58 Å². The lowest BCUT2D eigenvalue weighted by Crippen LogP contribution is -2.01. The van der Waals surface area contributed by atoms with Gasteiger partial charge in [-0.3, -0.25) is 0 Å². The lowest BCUT2D eigenvalue weighted by molar-refractivity contribution is 0.390. The molecule has 2 heterocycles. The van der Waals surface area contributed by atoms with Gasteiger partial charge in [0.05, 0.1) is 47.7 Å². The van der Waals surface area contributed by atoms with Crippen LogP contribution in [0.4, 0.5) is 0 Å². The van der Waals surface area contributed by atoms with Crippen LogP contribution in [0.1, 0.15) is 28.1 Å². The zero-order valence-electron chi connectivity index (χ0n) is 23.8. The number of rotatable bonds is 8. The summed E-state index contributed by atoms with van der Waals surface area (Å²) in [5.74, 6) is 2.11. The molecule has 0 amide bonds. The van der Waals surface area contributed by atoms with E-state index in [4.69, 9.17) is 75.9 Å². The molecule has 0 radical (unpaired) electrons. The number of aromatic nitrogens is 2. The van der Waals surface area contributed by atoms with Gasteiger partial charge in [0.1, 0.15) is 21.5 Å². The van der Waals surface area contributed by atoms with Crippen molar-refractivity contribution in [2.24, 2.45) is 0 Å². The highest BCUT2D eigenvalue weighted by atomic mass is 79.9. The Morgan fingerprint density at radius 3 is 1.68 bits per heavy atom. The predicted molar refractivity (Wildman–Crippen MR) is 175 cm³/mol. The van der Waals surface area contributed by atoms with Crippen LogP contribution in [-0.2, 0) is 6.42 Å². The molecule has 8 nitrogen and oxygen atoms in total. The van der Waals surface area contributed by atoms with E-state index in [0.717, 1.165) is 11.3 Å². The van der Waals surface area contributed by atoms with Crippen LogP contribution in [0.5, 0.6) is 34.8 Å². The van der Waals surface area contributed by atoms with Crippen molar-refractivity contribution in [1.29, 1.82) is 10.5 Å². The third-order valence-electron chi connectivity index (χ3n) is 5.72. The van der Waals surface area contributed by atoms with Crippen molar-refractivity contribution in [2.45, 2.75) is 20.3 Å². The minimum Gasteiger partial charge on any atom is -0.480 e. The van der Waals surface area contributed by atoms with Crippen molar-refractivity contribution >= 4 is 62.3 Å². The summed E-state index contributed by atoms with van der Waals surface area (Å²) in [6, 6.07) is 13.5.